The highest BCUT2D eigenvalue weighted by molar-refractivity contribution is 9.10. The Hall–Kier alpha value is -3.24. The molecule has 3 aromatic carbocycles. The van der Waals surface area contributed by atoms with Crippen molar-refractivity contribution >= 4 is 43.5 Å². The molecule has 1 unspecified atom stereocenters. The summed E-state index contributed by atoms with van der Waals surface area (Å²) in [6.07, 6.45) is 2.87. The number of hydrogen-bond donors (Lipinski definition) is 1. The smallest absolute Gasteiger partial charge is 0.244 e. The average Bonchev–Trinajstić information content (AvgIpc) is 2.90. The Morgan fingerprint density at radius 3 is 2.28 bits per heavy atom. The summed E-state index contributed by atoms with van der Waals surface area (Å²) in [5.74, 6) is -1.54. The van der Waals surface area contributed by atoms with Crippen LogP contribution in [-0.4, -0.2) is 50.5 Å². The van der Waals surface area contributed by atoms with E-state index in [4.69, 9.17) is 0 Å². The summed E-state index contributed by atoms with van der Waals surface area (Å²) in [6, 6.07) is 20.8. The molecule has 39 heavy (non-hydrogen) atoms. The van der Waals surface area contributed by atoms with Crippen LogP contribution in [-0.2, 0) is 32.6 Å². The van der Waals surface area contributed by atoms with Crippen molar-refractivity contribution in [2.45, 2.75) is 38.8 Å². The Labute approximate surface area is 238 Å². The van der Waals surface area contributed by atoms with Crippen LogP contribution in [0.1, 0.15) is 30.9 Å². The predicted octanol–water partition coefficient (Wildman–Crippen LogP) is 4.91. The normalized spacial score (nSPS) is 12.0. The minimum Gasteiger partial charge on any atom is -0.354 e. The lowest BCUT2D eigenvalue weighted by molar-refractivity contribution is -0.140. The molecule has 0 saturated carbocycles. The number of carbonyl (C=O) groups excluding carboxylic acids is 2. The number of unbranched alkanes of at least 4 members (excludes halogenated alkanes) is 1. The highest BCUT2D eigenvalue weighted by atomic mass is 79.9. The van der Waals surface area contributed by atoms with Gasteiger partial charge in [-0.2, -0.15) is 0 Å². The molecular formula is C29H33BrFN3O4S. The number of halogens is 2. The number of anilines is 1. The van der Waals surface area contributed by atoms with E-state index < -0.39 is 34.3 Å². The number of benzene rings is 3. The first-order valence-electron chi connectivity index (χ1n) is 12.7. The fourth-order valence-electron chi connectivity index (χ4n) is 4.09. The largest absolute Gasteiger partial charge is 0.354 e. The van der Waals surface area contributed by atoms with Crippen LogP contribution in [0, 0.1) is 5.82 Å². The van der Waals surface area contributed by atoms with E-state index in [2.05, 4.69) is 21.2 Å². The van der Waals surface area contributed by atoms with Crippen molar-refractivity contribution in [2.24, 2.45) is 0 Å². The molecule has 0 aliphatic heterocycles. The third-order valence-corrected chi connectivity index (χ3v) is 7.81. The average molecular weight is 619 g/mol. The second kappa shape index (κ2) is 14.2. The zero-order chi connectivity index (χ0) is 28.4. The van der Waals surface area contributed by atoms with Crippen LogP contribution in [0.5, 0.6) is 0 Å². The van der Waals surface area contributed by atoms with E-state index in [1.807, 2.05) is 61.5 Å². The number of hydrogen-bond acceptors (Lipinski definition) is 4. The summed E-state index contributed by atoms with van der Waals surface area (Å²) in [5, 5.41) is 2.94. The Bertz CT molecular complexity index is 1350. The van der Waals surface area contributed by atoms with Crippen LogP contribution in [0.25, 0.3) is 0 Å². The summed E-state index contributed by atoms with van der Waals surface area (Å²) in [5.41, 5.74) is 1.65. The van der Waals surface area contributed by atoms with Gasteiger partial charge in [0.25, 0.3) is 0 Å². The second-order valence-electron chi connectivity index (χ2n) is 9.25. The van der Waals surface area contributed by atoms with Crippen LogP contribution in [0.4, 0.5) is 10.1 Å². The third kappa shape index (κ3) is 9.18. The monoisotopic (exact) mass is 617 g/mol. The molecule has 7 nitrogen and oxygen atoms in total. The number of nitrogens with zero attached hydrogens (tertiary/aromatic N) is 2. The molecule has 2 amide bonds. The fourth-order valence-corrected chi connectivity index (χ4v) is 5.20. The molecule has 0 aliphatic carbocycles. The highest BCUT2D eigenvalue weighted by Gasteiger charge is 2.33. The predicted molar refractivity (Wildman–Crippen MR) is 155 cm³/mol. The maximum Gasteiger partial charge on any atom is 0.244 e. The first-order chi connectivity index (χ1) is 18.6. The Kier molecular flexibility index (Phi) is 11.1. The molecule has 0 saturated heterocycles. The van der Waals surface area contributed by atoms with E-state index in [1.165, 1.54) is 23.1 Å². The third-order valence-electron chi connectivity index (χ3n) is 6.14. The van der Waals surface area contributed by atoms with Gasteiger partial charge in [-0.05, 0) is 47.9 Å². The van der Waals surface area contributed by atoms with E-state index in [0.29, 0.717) is 6.54 Å². The van der Waals surface area contributed by atoms with Crippen molar-refractivity contribution in [1.29, 1.82) is 0 Å². The number of nitrogens with one attached hydrogen (secondary N) is 1. The zero-order valence-electron chi connectivity index (χ0n) is 22.0. The van der Waals surface area contributed by atoms with Crippen LogP contribution in [0.15, 0.2) is 83.3 Å². The van der Waals surface area contributed by atoms with Crippen molar-refractivity contribution in [2.75, 3.05) is 23.7 Å². The molecule has 10 heteroatoms. The van der Waals surface area contributed by atoms with Gasteiger partial charge in [-0.1, -0.05) is 77.8 Å². The van der Waals surface area contributed by atoms with Crippen molar-refractivity contribution in [1.82, 2.24) is 10.2 Å². The van der Waals surface area contributed by atoms with Crippen molar-refractivity contribution in [3.05, 3.63) is 100 Å². The van der Waals surface area contributed by atoms with Gasteiger partial charge in [0.2, 0.25) is 21.8 Å². The molecule has 0 aliphatic rings. The lowest BCUT2D eigenvalue weighted by Gasteiger charge is -2.33. The van der Waals surface area contributed by atoms with Crippen molar-refractivity contribution in [3.8, 4) is 0 Å². The van der Waals surface area contributed by atoms with Gasteiger partial charge in [-0.15, -0.1) is 0 Å². The quantitative estimate of drug-likeness (QED) is 0.276. The van der Waals surface area contributed by atoms with Gasteiger partial charge in [0.05, 0.1) is 11.9 Å². The lowest BCUT2D eigenvalue weighted by atomic mass is 10.0. The van der Waals surface area contributed by atoms with Gasteiger partial charge in [-0.25, -0.2) is 12.8 Å². The summed E-state index contributed by atoms with van der Waals surface area (Å²) >= 11 is 3.41. The summed E-state index contributed by atoms with van der Waals surface area (Å²) in [6.45, 7) is 1.96. The summed E-state index contributed by atoms with van der Waals surface area (Å²) in [4.78, 5) is 28.9. The number of amides is 2. The maximum atomic E-state index is 14.0. The number of carbonyl (C=O) groups is 2. The number of sulfonamides is 1. The molecule has 208 valence electrons. The SMILES string of the molecule is CCCCNC(=O)C(Cc1ccccc1)N(Cc1ccc(Br)cc1)C(=O)CN(c1cccc(F)c1)S(C)(=O)=O. The maximum absolute atomic E-state index is 14.0. The topological polar surface area (TPSA) is 86.8 Å². The molecule has 0 radical (unpaired) electrons. The minimum atomic E-state index is -3.95. The molecule has 0 heterocycles. The Morgan fingerprint density at radius 1 is 0.974 bits per heavy atom. The van der Waals surface area contributed by atoms with E-state index in [1.54, 1.807) is 0 Å². The van der Waals surface area contributed by atoms with Crippen molar-refractivity contribution in [3.63, 3.8) is 0 Å². The van der Waals surface area contributed by atoms with E-state index >= 15 is 0 Å². The first kappa shape index (κ1) is 30.3. The van der Waals surface area contributed by atoms with Crippen molar-refractivity contribution < 1.29 is 22.4 Å². The van der Waals surface area contributed by atoms with E-state index in [-0.39, 0.29) is 24.6 Å². The van der Waals surface area contributed by atoms with Gasteiger partial charge in [-0.3, -0.25) is 13.9 Å². The van der Waals surface area contributed by atoms with Crippen LogP contribution < -0.4 is 9.62 Å². The van der Waals surface area contributed by atoms with Crippen LogP contribution >= 0.6 is 15.9 Å². The second-order valence-corrected chi connectivity index (χ2v) is 12.1. The molecular weight excluding hydrogens is 585 g/mol. The van der Waals surface area contributed by atoms with Crippen LogP contribution in [0.2, 0.25) is 0 Å². The lowest BCUT2D eigenvalue weighted by Crippen LogP contribution is -2.53. The molecule has 1 N–H and O–H groups in total. The summed E-state index contributed by atoms with van der Waals surface area (Å²) < 4.78 is 41.1. The summed E-state index contributed by atoms with van der Waals surface area (Å²) in [7, 11) is -3.95. The van der Waals surface area contributed by atoms with Gasteiger partial charge in [0.1, 0.15) is 18.4 Å². The first-order valence-corrected chi connectivity index (χ1v) is 15.3. The van der Waals surface area contributed by atoms with Crippen LogP contribution in [0.3, 0.4) is 0 Å². The molecule has 3 rings (SSSR count). The fraction of sp³-hybridized carbons (Fsp3) is 0.310. The number of rotatable bonds is 13. The highest BCUT2D eigenvalue weighted by Crippen LogP contribution is 2.21. The molecule has 1 atom stereocenters. The minimum absolute atomic E-state index is 0.0291. The Balaban J connectivity index is 2.02. The Morgan fingerprint density at radius 2 is 1.67 bits per heavy atom. The molecule has 0 spiro atoms. The molecule has 0 fully saturated rings. The standard InChI is InChI=1S/C29H33BrFN3O4S/c1-3-4-17-32-29(36)27(18-22-9-6-5-7-10-22)33(20-23-13-15-24(30)16-14-23)28(35)21-34(39(2,37)38)26-12-8-11-25(31)19-26/h5-16,19,27H,3-4,17-18,20-21H2,1-2H3,(H,32,36). The molecule has 0 aromatic heterocycles. The zero-order valence-corrected chi connectivity index (χ0v) is 24.4. The van der Waals surface area contributed by atoms with Gasteiger partial charge in [0.15, 0.2) is 0 Å². The van der Waals surface area contributed by atoms with Gasteiger partial charge in [0, 0.05) is 24.0 Å². The van der Waals surface area contributed by atoms with Gasteiger partial charge >= 0.3 is 0 Å². The molecule has 0 bridgehead atoms. The van der Waals surface area contributed by atoms with E-state index in [0.717, 1.165) is 45.1 Å². The van der Waals surface area contributed by atoms with Gasteiger partial charge < -0.3 is 10.2 Å². The van der Waals surface area contributed by atoms with E-state index in [9.17, 15) is 22.4 Å². The molecule has 3 aromatic rings.